The van der Waals surface area contributed by atoms with Crippen molar-refractivity contribution in [2.75, 3.05) is 50.8 Å². The van der Waals surface area contributed by atoms with Crippen molar-refractivity contribution in [2.45, 2.75) is 6.54 Å². The van der Waals surface area contributed by atoms with Crippen LogP contribution in [0.25, 0.3) is 0 Å². The van der Waals surface area contributed by atoms with Crippen LogP contribution >= 0.6 is 0 Å². The molecule has 2 aliphatic heterocycles. The highest BCUT2D eigenvalue weighted by Crippen LogP contribution is 2.26. The summed E-state index contributed by atoms with van der Waals surface area (Å²) in [4.78, 5) is 29.0. The van der Waals surface area contributed by atoms with Gasteiger partial charge in [0.05, 0.1) is 13.2 Å². The molecule has 1 aromatic heterocycles. The van der Waals surface area contributed by atoms with Crippen LogP contribution in [0.5, 0.6) is 0 Å². The number of benzene rings is 1. The number of morpholine rings is 1. The van der Waals surface area contributed by atoms with Gasteiger partial charge in [-0.1, -0.05) is 0 Å². The van der Waals surface area contributed by atoms with Crippen LogP contribution in [-0.4, -0.2) is 71.5 Å². The Bertz CT molecular complexity index is 911. The molecule has 0 unspecified atom stereocenters. The van der Waals surface area contributed by atoms with Gasteiger partial charge in [0.15, 0.2) is 0 Å². The average Bonchev–Trinajstić information content (AvgIpc) is 3.14. The molecule has 2 aliphatic rings. The summed E-state index contributed by atoms with van der Waals surface area (Å²) in [6.45, 7) is 5.03. The van der Waals surface area contributed by atoms with Crippen molar-refractivity contribution in [1.82, 2.24) is 25.0 Å². The van der Waals surface area contributed by atoms with Crippen LogP contribution in [0.3, 0.4) is 0 Å². The molecule has 0 atom stereocenters. The minimum absolute atomic E-state index is 0.216. The fraction of sp³-hybridized carbons (Fsp3) is 0.444. The van der Waals surface area contributed by atoms with E-state index in [1.54, 1.807) is 17.0 Å². The SMILES string of the molecule is O=C(NCCN1CCOCC1)c1nnc2n(c1=O)CCN2c1ccc(F)cc1. The Labute approximate surface area is 160 Å². The number of aromatic nitrogens is 3. The molecule has 1 saturated heterocycles. The van der Waals surface area contributed by atoms with Crippen LogP contribution in [0.4, 0.5) is 16.0 Å². The lowest BCUT2D eigenvalue weighted by molar-refractivity contribution is 0.0383. The van der Waals surface area contributed by atoms with Gasteiger partial charge in [0.1, 0.15) is 5.82 Å². The fourth-order valence-electron chi connectivity index (χ4n) is 3.36. The van der Waals surface area contributed by atoms with Crippen molar-refractivity contribution in [3.8, 4) is 0 Å². The molecule has 3 heterocycles. The second-order valence-corrected chi connectivity index (χ2v) is 6.64. The minimum Gasteiger partial charge on any atom is -0.379 e. The van der Waals surface area contributed by atoms with Gasteiger partial charge in [-0.3, -0.25) is 19.1 Å². The van der Waals surface area contributed by atoms with E-state index in [2.05, 4.69) is 20.4 Å². The van der Waals surface area contributed by atoms with Crippen LogP contribution in [0.2, 0.25) is 0 Å². The predicted molar refractivity (Wildman–Crippen MR) is 99.3 cm³/mol. The Morgan fingerprint density at radius 1 is 1.11 bits per heavy atom. The Kier molecular flexibility index (Phi) is 5.31. The molecule has 2 aromatic rings. The van der Waals surface area contributed by atoms with Crippen LogP contribution in [0.15, 0.2) is 29.1 Å². The maximum absolute atomic E-state index is 13.1. The second-order valence-electron chi connectivity index (χ2n) is 6.64. The summed E-state index contributed by atoms with van der Waals surface area (Å²) < 4.78 is 19.9. The van der Waals surface area contributed by atoms with Gasteiger partial charge in [-0.15, -0.1) is 10.2 Å². The van der Waals surface area contributed by atoms with E-state index in [0.717, 1.165) is 13.1 Å². The standard InChI is InChI=1S/C18H21FN6O3/c19-13-1-3-14(4-2-13)24-7-8-25-17(27)15(21-22-18(24)25)16(26)20-5-6-23-9-11-28-12-10-23/h1-4H,5-12H2,(H,20,26). The summed E-state index contributed by atoms with van der Waals surface area (Å²) in [7, 11) is 0. The molecule has 1 N–H and O–H groups in total. The summed E-state index contributed by atoms with van der Waals surface area (Å²) in [5, 5.41) is 10.7. The molecule has 1 fully saturated rings. The summed E-state index contributed by atoms with van der Waals surface area (Å²) in [6, 6.07) is 5.92. The average molecular weight is 388 g/mol. The Morgan fingerprint density at radius 2 is 1.86 bits per heavy atom. The zero-order chi connectivity index (χ0) is 19.5. The number of fused-ring (bicyclic) bond motifs is 1. The number of halogens is 1. The van der Waals surface area contributed by atoms with E-state index in [1.165, 1.54) is 16.7 Å². The van der Waals surface area contributed by atoms with Gasteiger partial charge in [-0.25, -0.2) is 4.39 Å². The van der Waals surface area contributed by atoms with Crippen LogP contribution in [0.1, 0.15) is 10.5 Å². The maximum Gasteiger partial charge on any atom is 0.286 e. The van der Waals surface area contributed by atoms with Gasteiger partial charge in [-0.2, -0.15) is 0 Å². The topological polar surface area (TPSA) is 92.6 Å². The first-order valence-electron chi connectivity index (χ1n) is 9.22. The van der Waals surface area contributed by atoms with Gasteiger partial charge in [0.2, 0.25) is 11.6 Å². The smallest absolute Gasteiger partial charge is 0.286 e. The van der Waals surface area contributed by atoms with Crippen molar-refractivity contribution < 1.29 is 13.9 Å². The van der Waals surface area contributed by atoms with Gasteiger partial charge in [0.25, 0.3) is 11.5 Å². The molecule has 4 rings (SSSR count). The molecule has 0 bridgehead atoms. The van der Waals surface area contributed by atoms with Crippen LogP contribution < -0.4 is 15.8 Å². The van der Waals surface area contributed by atoms with E-state index >= 15 is 0 Å². The highest BCUT2D eigenvalue weighted by atomic mass is 19.1. The number of carbonyl (C=O) groups excluding carboxylic acids is 1. The number of hydrogen-bond donors (Lipinski definition) is 1. The Hall–Kier alpha value is -2.85. The van der Waals surface area contributed by atoms with Gasteiger partial charge in [0, 0.05) is 45.0 Å². The lowest BCUT2D eigenvalue weighted by atomic mass is 10.3. The number of nitrogens with zero attached hydrogens (tertiary/aromatic N) is 5. The fourth-order valence-corrected chi connectivity index (χ4v) is 3.36. The highest BCUT2D eigenvalue weighted by molar-refractivity contribution is 5.91. The van der Waals surface area contributed by atoms with Crippen LogP contribution in [-0.2, 0) is 11.3 Å². The molecule has 1 aromatic carbocycles. The zero-order valence-corrected chi connectivity index (χ0v) is 15.3. The van der Waals surface area contributed by atoms with Crippen molar-refractivity contribution in [3.63, 3.8) is 0 Å². The quantitative estimate of drug-likeness (QED) is 0.770. The first-order chi connectivity index (χ1) is 13.6. The monoisotopic (exact) mass is 388 g/mol. The van der Waals surface area contributed by atoms with Crippen molar-refractivity contribution in [2.24, 2.45) is 0 Å². The van der Waals surface area contributed by atoms with E-state index in [0.29, 0.717) is 51.0 Å². The third kappa shape index (κ3) is 3.73. The molecular formula is C18H21FN6O3. The molecule has 148 valence electrons. The lowest BCUT2D eigenvalue weighted by Crippen LogP contribution is -2.42. The predicted octanol–water partition coefficient (Wildman–Crippen LogP) is -0.00890. The number of rotatable bonds is 5. The molecule has 28 heavy (non-hydrogen) atoms. The molecule has 0 saturated carbocycles. The van der Waals surface area contributed by atoms with Crippen molar-refractivity contribution >= 4 is 17.5 Å². The van der Waals surface area contributed by atoms with E-state index in [4.69, 9.17) is 4.74 Å². The molecule has 10 heteroatoms. The third-order valence-electron chi connectivity index (χ3n) is 4.89. The van der Waals surface area contributed by atoms with Gasteiger partial charge in [-0.05, 0) is 24.3 Å². The van der Waals surface area contributed by atoms with Crippen molar-refractivity contribution in [1.29, 1.82) is 0 Å². The number of hydrogen-bond acceptors (Lipinski definition) is 7. The second kappa shape index (κ2) is 8.03. The zero-order valence-electron chi connectivity index (χ0n) is 15.3. The number of amides is 1. The van der Waals surface area contributed by atoms with Crippen molar-refractivity contribution in [3.05, 3.63) is 46.1 Å². The van der Waals surface area contributed by atoms with E-state index in [9.17, 15) is 14.0 Å². The van der Waals surface area contributed by atoms with E-state index in [-0.39, 0.29) is 11.5 Å². The van der Waals surface area contributed by atoms with Crippen LogP contribution in [0, 0.1) is 5.82 Å². The molecule has 0 spiro atoms. The Morgan fingerprint density at radius 3 is 2.61 bits per heavy atom. The first kappa shape index (κ1) is 18.5. The summed E-state index contributed by atoms with van der Waals surface area (Å²) >= 11 is 0. The molecule has 1 amide bonds. The van der Waals surface area contributed by atoms with E-state index in [1.807, 2.05) is 0 Å². The number of ether oxygens (including phenoxy) is 1. The lowest BCUT2D eigenvalue weighted by Gasteiger charge is -2.26. The van der Waals surface area contributed by atoms with E-state index < -0.39 is 11.5 Å². The Balaban J connectivity index is 1.44. The normalized spacial score (nSPS) is 16.8. The summed E-state index contributed by atoms with van der Waals surface area (Å²) in [5.74, 6) is -0.515. The number of carbonyl (C=O) groups is 1. The highest BCUT2D eigenvalue weighted by Gasteiger charge is 2.27. The first-order valence-corrected chi connectivity index (χ1v) is 9.22. The summed E-state index contributed by atoms with van der Waals surface area (Å²) in [5.41, 5.74) is 0.0224. The minimum atomic E-state index is -0.527. The van der Waals surface area contributed by atoms with Gasteiger partial charge < -0.3 is 15.0 Å². The molecule has 9 nitrogen and oxygen atoms in total. The number of anilines is 2. The third-order valence-corrected chi connectivity index (χ3v) is 4.89. The molecule has 0 radical (unpaired) electrons. The molecule has 0 aliphatic carbocycles. The summed E-state index contributed by atoms with van der Waals surface area (Å²) in [6.07, 6.45) is 0. The van der Waals surface area contributed by atoms with Gasteiger partial charge >= 0.3 is 0 Å². The largest absolute Gasteiger partial charge is 0.379 e. The maximum atomic E-state index is 13.1. The molecular weight excluding hydrogens is 367 g/mol. The number of nitrogens with one attached hydrogen (secondary N) is 1.